The van der Waals surface area contributed by atoms with Crippen molar-refractivity contribution in [2.24, 2.45) is 4.99 Å². The third-order valence-corrected chi connectivity index (χ3v) is 4.44. The number of nitrogens with one attached hydrogen (secondary N) is 2. The van der Waals surface area contributed by atoms with Gasteiger partial charge in [0, 0.05) is 25.7 Å². The summed E-state index contributed by atoms with van der Waals surface area (Å²) in [6.45, 7) is 12.3. The van der Waals surface area contributed by atoms with Gasteiger partial charge in [0.1, 0.15) is 0 Å². The molecule has 0 atom stereocenters. The largest absolute Gasteiger partial charge is 0.357 e. The molecule has 2 N–H and O–H groups in total. The van der Waals surface area contributed by atoms with E-state index in [1.807, 2.05) is 44.4 Å². The zero-order valence-electron chi connectivity index (χ0n) is 15.6. The van der Waals surface area contributed by atoms with E-state index in [2.05, 4.69) is 15.0 Å². The first-order valence-electron chi connectivity index (χ1n) is 8.28. The van der Waals surface area contributed by atoms with Crippen LogP contribution in [0.25, 0.3) is 0 Å². The molecule has 24 heavy (non-hydrogen) atoms. The van der Waals surface area contributed by atoms with Crippen LogP contribution in [0.5, 0.6) is 0 Å². The highest BCUT2D eigenvalue weighted by Gasteiger charge is 2.40. The van der Waals surface area contributed by atoms with Crippen LogP contribution in [0, 0.1) is 0 Å². The van der Waals surface area contributed by atoms with E-state index in [9.17, 15) is 13.2 Å². The van der Waals surface area contributed by atoms with Crippen LogP contribution in [0.1, 0.15) is 34.6 Å². The summed E-state index contributed by atoms with van der Waals surface area (Å²) in [6, 6.07) is 0.146. The van der Waals surface area contributed by atoms with Gasteiger partial charge in [0.15, 0.2) is 5.96 Å². The third kappa shape index (κ3) is 5.94. The van der Waals surface area contributed by atoms with Gasteiger partial charge >= 0.3 is 0 Å². The Balaban J connectivity index is 2.84. The minimum Gasteiger partial charge on any atom is -0.357 e. The molecule has 9 heteroatoms. The number of guanidine groups is 1. The zero-order valence-corrected chi connectivity index (χ0v) is 16.4. The van der Waals surface area contributed by atoms with Crippen LogP contribution < -0.4 is 10.0 Å². The van der Waals surface area contributed by atoms with Gasteiger partial charge in [0.05, 0.1) is 24.9 Å². The summed E-state index contributed by atoms with van der Waals surface area (Å²) in [5.74, 6) is 0.707. The van der Waals surface area contributed by atoms with E-state index >= 15 is 0 Å². The molecule has 1 heterocycles. The topological polar surface area (TPSA) is 94.1 Å². The van der Waals surface area contributed by atoms with Crippen LogP contribution in [-0.2, 0) is 14.8 Å². The van der Waals surface area contributed by atoms with Crippen molar-refractivity contribution in [1.29, 1.82) is 0 Å². The lowest BCUT2D eigenvalue weighted by atomic mass is 9.96. The van der Waals surface area contributed by atoms with Crippen LogP contribution in [0.3, 0.4) is 0 Å². The molecule has 1 amide bonds. The molecule has 0 aromatic carbocycles. The highest BCUT2D eigenvalue weighted by Crippen LogP contribution is 2.24. The summed E-state index contributed by atoms with van der Waals surface area (Å²) in [5, 5.41) is 3.18. The third-order valence-electron chi connectivity index (χ3n) is 3.71. The maximum Gasteiger partial charge on any atom is 0.242 e. The van der Waals surface area contributed by atoms with E-state index in [0.29, 0.717) is 25.6 Å². The number of nitrogens with zero attached hydrogens (tertiary/aromatic N) is 3. The fraction of sp³-hybridized carbons (Fsp3) is 0.867. The van der Waals surface area contributed by atoms with Gasteiger partial charge in [-0.15, -0.1) is 0 Å². The summed E-state index contributed by atoms with van der Waals surface area (Å²) < 4.78 is 24.6. The Morgan fingerprint density at radius 2 is 2.00 bits per heavy atom. The number of hydrogen-bond donors (Lipinski definition) is 2. The summed E-state index contributed by atoms with van der Waals surface area (Å²) >= 11 is 0. The molecule has 8 nitrogen and oxygen atoms in total. The minimum atomic E-state index is -3.22. The van der Waals surface area contributed by atoms with Crippen molar-refractivity contribution in [1.82, 2.24) is 19.8 Å². The number of amides is 1. The number of piperazine rings is 1. The molecule has 0 aliphatic carbocycles. The average molecular weight is 362 g/mol. The van der Waals surface area contributed by atoms with Crippen LogP contribution >= 0.6 is 0 Å². The van der Waals surface area contributed by atoms with Gasteiger partial charge in [0.25, 0.3) is 0 Å². The number of aliphatic imine (C=N–C) groups is 1. The second-order valence-electron chi connectivity index (χ2n) is 6.93. The van der Waals surface area contributed by atoms with Gasteiger partial charge in [0.2, 0.25) is 15.9 Å². The van der Waals surface area contributed by atoms with Crippen molar-refractivity contribution in [3.8, 4) is 0 Å². The summed E-state index contributed by atoms with van der Waals surface area (Å²) in [7, 11) is -3.22. The molecule has 0 saturated carbocycles. The van der Waals surface area contributed by atoms with Crippen molar-refractivity contribution in [3.05, 3.63) is 0 Å². The molecule has 0 radical (unpaired) electrons. The standard InChI is InChI=1S/C15H31N5O3S/c1-7-16-14(17-8-9-18-24(6,22)23)19-10-13(21)20(12(2)3)15(4,5)11-19/h12,18H,7-11H2,1-6H3,(H,16,17). The second-order valence-corrected chi connectivity index (χ2v) is 8.76. The van der Waals surface area contributed by atoms with Crippen molar-refractivity contribution in [2.75, 3.05) is 39.0 Å². The van der Waals surface area contributed by atoms with Gasteiger partial charge in [-0.25, -0.2) is 13.1 Å². The smallest absolute Gasteiger partial charge is 0.242 e. The molecule has 1 rings (SSSR count). The van der Waals surface area contributed by atoms with Crippen LogP contribution in [0.2, 0.25) is 0 Å². The van der Waals surface area contributed by atoms with E-state index in [1.165, 1.54) is 0 Å². The van der Waals surface area contributed by atoms with Crippen molar-refractivity contribution in [2.45, 2.75) is 46.2 Å². The summed E-state index contributed by atoms with van der Waals surface area (Å²) in [5.41, 5.74) is -0.301. The lowest BCUT2D eigenvalue weighted by Gasteiger charge is -2.49. The molecule has 0 bridgehead atoms. The second kappa shape index (κ2) is 8.15. The van der Waals surface area contributed by atoms with Gasteiger partial charge in [-0.3, -0.25) is 9.79 Å². The van der Waals surface area contributed by atoms with Gasteiger partial charge in [-0.05, 0) is 34.6 Å². The van der Waals surface area contributed by atoms with Crippen molar-refractivity contribution < 1.29 is 13.2 Å². The van der Waals surface area contributed by atoms with Crippen LogP contribution in [-0.4, -0.2) is 80.6 Å². The zero-order chi connectivity index (χ0) is 18.5. The number of hydrogen-bond acceptors (Lipinski definition) is 4. The number of carbonyl (C=O) groups is 1. The van der Waals surface area contributed by atoms with Crippen LogP contribution in [0.4, 0.5) is 0 Å². The van der Waals surface area contributed by atoms with Crippen molar-refractivity contribution in [3.63, 3.8) is 0 Å². The quantitative estimate of drug-likeness (QED) is 0.389. The Kier molecular flexibility index (Phi) is 7.03. The molecule has 1 saturated heterocycles. The molecule has 140 valence electrons. The first-order valence-corrected chi connectivity index (χ1v) is 10.2. The van der Waals surface area contributed by atoms with Crippen molar-refractivity contribution >= 4 is 21.9 Å². The Morgan fingerprint density at radius 3 is 2.46 bits per heavy atom. The molecule has 1 aliphatic rings. The lowest BCUT2D eigenvalue weighted by Crippen LogP contribution is -2.66. The SMILES string of the molecule is CCNC(=NCCNS(C)(=O)=O)N1CC(=O)N(C(C)C)C(C)(C)C1. The Morgan fingerprint density at radius 1 is 1.38 bits per heavy atom. The van der Waals surface area contributed by atoms with E-state index in [4.69, 9.17) is 0 Å². The fourth-order valence-corrected chi connectivity index (χ4v) is 3.59. The average Bonchev–Trinajstić information content (AvgIpc) is 2.38. The lowest BCUT2D eigenvalue weighted by molar-refractivity contribution is -0.145. The molecule has 1 fully saturated rings. The monoisotopic (exact) mass is 361 g/mol. The summed E-state index contributed by atoms with van der Waals surface area (Å²) in [4.78, 5) is 20.8. The Hall–Kier alpha value is -1.35. The predicted molar refractivity (Wildman–Crippen MR) is 96.5 cm³/mol. The fourth-order valence-electron chi connectivity index (χ4n) is 3.13. The number of rotatable bonds is 6. The molecule has 0 aromatic rings. The number of carbonyl (C=O) groups excluding carboxylic acids is 1. The highest BCUT2D eigenvalue weighted by atomic mass is 32.2. The molecule has 0 spiro atoms. The predicted octanol–water partition coefficient (Wildman–Crippen LogP) is -0.168. The molecular weight excluding hydrogens is 330 g/mol. The number of sulfonamides is 1. The minimum absolute atomic E-state index is 0.0705. The Labute approximate surface area is 145 Å². The van der Waals surface area contributed by atoms with E-state index in [0.717, 1.165) is 6.26 Å². The van der Waals surface area contributed by atoms with Gasteiger partial charge < -0.3 is 15.1 Å². The molecule has 0 aromatic heterocycles. The highest BCUT2D eigenvalue weighted by molar-refractivity contribution is 7.88. The molecular formula is C15H31N5O3S. The van der Waals surface area contributed by atoms with E-state index < -0.39 is 10.0 Å². The molecule has 0 unspecified atom stereocenters. The van der Waals surface area contributed by atoms with E-state index in [-0.39, 0.29) is 30.6 Å². The maximum atomic E-state index is 12.5. The van der Waals surface area contributed by atoms with Crippen LogP contribution in [0.15, 0.2) is 4.99 Å². The maximum absolute atomic E-state index is 12.5. The van der Waals surface area contributed by atoms with Gasteiger partial charge in [-0.2, -0.15) is 0 Å². The van der Waals surface area contributed by atoms with Gasteiger partial charge in [-0.1, -0.05) is 0 Å². The first-order chi connectivity index (χ1) is 11.0. The Bertz CT molecular complexity index is 572. The normalized spacial score (nSPS) is 19.1. The van der Waals surface area contributed by atoms with E-state index in [1.54, 1.807) is 0 Å². The molecule has 1 aliphatic heterocycles. The summed E-state index contributed by atoms with van der Waals surface area (Å²) in [6.07, 6.45) is 1.12. The first kappa shape index (κ1) is 20.7.